The molecule has 3 aliphatic rings. The molecule has 0 unspecified atom stereocenters. The van der Waals surface area contributed by atoms with Crippen LogP contribution >= 0.6 is 12.2 Å². The van der Waals surface area contributed by atoms with Gasteiger partial charge in [-0.05, 0) is 48.6 Å². The number of aromatic hydroxyl groups is 2. The van der Waals surface area contributed by atoms with Crippen LogP contribution in [0, 0.1) is 0 Å². The first-order chi connectivity index (χ1) is 19.5. The fourth-order valence-electron chi connectivity index (χ4n) is 5.46. The molecule has 10 nitrogen and oxygen atoms in total. The number of rotatable bonds is 1. The van der Waals surface area contributed by atoms with E-state index in [1.807, 2.05) is 12.1 Å². The number of nitrogens with zero attached hydrogens (tertiary/aromatic N) is 1. The van der Waals surface area contributed by atoms with Gasteiger partial charge in [0, 0.05) is 86.9 Å². The highest BCUT2D eigenvalue weighted by Crippen LogP contribution is 2.57. The van der Waals surface area contributed by atoms with Crippen molar-refractivity contribution in [3.63, 3.8) is 0 Å². The number of benzene rings is 3. The number of carbonyl (C=O) groups excluding carboxylic acids is 1. The summed E-state index contributed by atoms with van der Waals surface area (Å²) in [7, 11) is 0. The van der Waals surface area contributed by atoms with E-state index in [4.69, 9.17) is 21.7 Å². The molecular formula is C29H31N5O5S. The molecule has 0 amide bonds. The third kappa shape index (κ3) is 4.81. The van der Waals surface area contributed by atoms with E-state index in [9.17, 15) is 15.0 Å². The van der Waals surface area contributed by atoms with Crippen LogP contribution in [0.4, 0.5) is 5.69 Å². The first kappa shape index (κ1) is 26.3. The van der Waals surface area contributed by atoms with Crippen molar-refractivity contribution in [1.82, 2.24) is 20.9 Å². The van der Waals surface area contributed by atoms with Crippen molar-refractivity contribution in [2.45, 2.75) is 5.60 Å². The molecule has 3 heterocycles. The van der Waals surface area contributed by atoms with E-state index >= 15 is 0 Å². The lowest BCUT2D eigenvalue weighted by molar-refractivity contribution is 0.0224. The summed E-state index contributed by atoms with van der Waals surface area (Å²) in [4.78, 5) is 15.5. The summed E-state index contributed by atoms with van der Waals surface area (Å²) < 4.78 is 12.2. The summed E-state index contributed by atoms with van der Waals surface area (Å²) in [6, 6.07) is 14.9. The monoisotopic (exact) mass is 561 g/mol. The van der Waals surface area contributed by atoms with E-state index in [-0.39, 0.29) is 11.5 Å². The minimum atomic E-state index is -1.29. The molecule has 11 heteroatoms. The molecule has 0 radical (unpaired) electrons. The van der Waals surface area contributed by atoms with Crippen molar-refractivity contribution in [3.8, 4) is 23.0 Å². The molecule has 0 aromatic heterocycles. The molecule has 0 aliphatic carbocycles. The molecular weight excluding hydrogens is 530 g/mol. The van der Waals surface area contributed by atoms with Crippen LogP contribution in [0.1, 0.15) is 27.0 Å². The second-order valence-electron chi connectivity index (χ2n) is 9.96. The second kappa shape index (κ2) is 10.9. The number of phenols is 2. The van der Waals surface area contributed by atoms with Gasteiger partial charge in [0.15, 0.2) is 10.7 Å². The summed E-state index contributed by atoms with van der Waals surface area (Å²) in [5.41, 5.74) is 1.60. The van der Waals surface area contributed by atoms with Crippen molar-refractivity contribution in [2.75, 3.05) is 57.7 Å². The van der Waals surface area contributed by atoms with Crippen LogP contribution < -0.4 is 26.0 Å². The van der Waals surface area contributed by atoms with Crippen LogP contribution in [0.15, 0.2) is 54.6 Å². The van der Waals surface area contributed by atoms with Crippen molar-refractivity contribution >= 4 is 29.0 Å². The summed E-state index contributed by atoms with van der Waals surface area (Å²) in [6.45, 7) is 6.70. The smallest absolute Gasteiger partial charge is 0.340 e. The van der Waals surface area contributed by atoms with E-state index in [0.717, 1.165) is 52.4 Å². The average Bonchev–Trinajstić information content (AvgIpc) is 3.20. The van der Waals surface area contributed by atoms with E-state index in [0.29, 0.717) is 44.6 Å². The minimum absolute atomic E-state index is 0.0129. The first-order valence-corrected chi connectivity index (χ1v) is 13.8. The van der Waals surface area contributed by atoms with Crippen molar-refractivity contribution in [2.24, 2.45) is 0 Å². The Balaban J connectivity index is 1.31. The van der Waals surface area contributed by atoms with Gasteiger partial charge in [-0.25, -0.2) is 4.79 Å². The number of anilines is 1. The summed E-state index contributed by atoms with van der Waals surface area (Å²) in [6.07, 6.45) is 0. The van der Waals surface area contributed by atoms with Crippen molar-refractivity contribution in [3.05, 3.63) is 76.9 Å². The Morgan fingerprint density at radius 1 is 0.800 bits per heavy atom. The van der Waals surface area contributed by atoms with Crippen LogP contribution in [0.3, 0.4) is 0 Å². The Kier molecular flexibility index (Phi) is 7.20. The Labute approximate surface area is 237 Å². The molecule has 1 fully saturated rings. The zero-order valence-electron chi connectivity index (χ0n) is 21.8. The number of ether oxygens (including phenoxy) is 2. The molecule has 0 bridgehead atoms. The predicted octanol–water partition coefficient (Wildman–Crippen LogP) is 2.45. The van der Waals surface area contributed by atoms with Gasteiger partial charge in [-0.15, -0.1) is 0 Å². The number of carbonyl (C=O) groups is 1. The topological polar surface area (TPSA) is 127 Å². The molecule has 3 aromatic carbocycles. The molecule has 40 heavy (non-hydrogen) atoms. The van der Waals surface area contributed by atoms with Crippen LogP contribution in [0.25, 0.3) is 0 Å². The fraction of sp³-hybridized carbons (Fsp3) is 0.310. The van der Waals surface area contributed by atoms with E-state index in [2.05, 4.69) is 26.2 Å². The van der Waals surface area contributed by atoms with E-state index < -0.39 is 11.6 Å². The number of hydrogen-bond acceptors (Lipinski definition) is 9. The highest BCUT2D eigenvalue weighted by Gasteiger charge is 2.53. The maximum Gasteiger partial charge on any atom is 0.340 e. The molecule has 0 atom stereocenters. The van der Waals surface area contributed by atoms with Crippen molar-refractivity contribution in [1.29, 1.82) is 0 Å². The summed E-state index contributed by atoms with van der Waals surface area (Å²) in [5.74, 6) is 0.224. The minimum Gasteiger partial charge on any atom is -0.508 e. The molecule has 208 valence electrons. The van der Waals surface area contributed by atoms with Gasteiger partial charge in [-0.2, -0.15) is 0 Å². The van der Waals surface area contributed by atoms with E-state index in [1.54, 1.807) is 18.2 Å². The van der Waals surface area contributed by atoms with Crippen LogP contribution in [-0.2, 0) is 10.3 Å². The van der Waals surface area contributed by atoms with Gasteiger partial charge < -0.3 is 45.9 Å². The van der Waals surface area contributed by atoms with Gasteiger partial charge in [0.25, 0.3) is 0 Å². The van der Waals surface area contributed by atoms with Crippen LogP contribution in [0.2, 0.25) is 0 Å². The second-order valence-corrected chi connectivity index (χ2v) is 10.3. The zero-order chi connectivity index (χ0) is 27.7. The number of nitrogens with one attached hydrogen (secondary N) is 4. The predicted molar refractivity (Wildman–Crippen MR) is 154 cm³/mol. The number of thiocarbonyl (C=S) groups is 1. The SMILES string of the molecule is O=C1OC2(c3ccc(O)cc3Oc3cc(O)ccc32)c2ccc(NC(=S)N3CCNCCNCCNCC3)cc21. The summed E-state index contributed by atoms with van der Waals surface area (Å²) in [5, 5.41) is 34.4. The standard InChI is InChI=1S/C29H31N5O5S/c35-19-2-5-23-25(16-19)38-26-17-20(36)3-6-24(26)29(23)22-4-1-18(15-21(22)27(37)39-29)33-28(40)34-13-11-31-9-7-30-8-10-32-12-14-34/h1-6,15-17,30-32,35-36H,7-14H2,(H,33,40). The lowest BCUT2D eigenvalue weighted by atomic mass is 9.77. The lowest BCUT2D eigenvalue weighted by Crippen LogP contribution is -2.45. The molecule has 0 saturated carbocycles. The highest BCUT2D eigenvalue weighted by molar-refractivity contribution is 7.80. The molecule has 3 aliphatic heterocycles. The fourth-order valence-corrected chi connectivity index (χ4v) is 5.76. The zero-order valence-corrected chi connectivity index (χ0v) is 22.6. The number of phenolic OH excluding ortho intramolecular Hbond substituents is 2. The van der Waals surface area contributed by atoms with Gasteiger partial charge in [0.05, 0.1) is 5.56 Å². The summed E-state index contributed by atoms with van der Waals surface area (Å²) >= 11 is 5.77. The molecule has 1 saturated heterocycles. The van der Waals surface area contributed by atoms with Gasteiger partial charge >= 0.3 is 5.97 Å². The van der Waals surface area contributed by atoms with E-state index in [1.165, 1.54) is 24.3 Å². The molecule has 6 rings (SSSR count). The quantitative estimate of drug-likeness (QED) is 0.194. The lowest BCUT2D eigenvalue weighted by Gasteiger charge is -2.36. The third-order valence-corrected chi connectivity index (χ3v) is 7.75. The van der Waals surface area contributed by atoms with Gasteiger partial charge in [0.1, 0.15) is 23.0 Å². The first-order valence-electron chi connectivity index (χ1n) is 13.4. The Hall–Kier alpha value is -3.90. The third-order valence-electron chi connectivity index (χ3n) is 7.39. The Morgan fingerprint density at radius 3 is 1.95 bits per heavy atom. The normalized spacial score (nSPS) is 18.3. The van der Waals surface area contributed by atoms with Gasteiger partial charge in [-0.1, -0.05) is 6.07 Å². The van der Waals surface area contributed by atoms with Gasteiger partial charge in [0.2, 0.25) is 0 Å². The Bertz CT molecular complexity index is 1400. The number of hydrogen-bond donors (Lipinski definition) is 6. The molecule has 1 spiro atoms. The highest BCUT2D eigenvalue weighted by atomic mass is 32.1. The molecule has 6 N–H and O–H groups in total. The number of fused-ring (bicyclic) bond motifs is 6. The van der Waals surface area contributed by atoms with Crippen LogP contribution in [-0.4, -0.2) is 78.6 Å². The van der Waals surface area contributed by atoms with Gasteiger partial charge in [-0.3, -0.25) is 0 Å². The largest absolute Gasteiger partial charge is 0.508 e. The maximum absolute atomic E-state index is 13.4. The van der Waals surface area contributed by atoms with Crippen molar-refractivity contribution < 1.29 is 24.5 Å². The average molecular weight is 562 g/mol. The molecule has 3 aromatic rings. The number of esters is 1. The maximum atomic E-state index is 13.4. The van der Waals surface area contributed by atoms with Crippen LogP contribution in [0.5, 0.6) is 23.0 Å². The Morgan fingerprint density at radius 2 is 1.35 bits per heavy atom.